The third kappa shape index (κ3) is 3.79. The summed E-state index contributed by atoms with van der Waals surface area (Å²) in [4.78, 5) is 15.2. The molecule has 28 heavy (non-hydrogen) atoms. The van der Waals surface area contributed by atoms with Crippen LogP contribution in [0.3, 0.4) is 0 Å². The van der Waals surface area contributed by atoms with E-state index in [1.165, 1.54) is 11.1 Å². The predicted octanol–water partition coefficient (Wildman–Crippen LogP) is 5.19. The lowest BCUT2D eigenvalue weighted by Crippen LogP contribution is -2.35. The number of para-hydroxylation sites is 1. The summed E-state index contributed by atoms with van der Waals surface area (Å²) in [6.45, 7) is 0.639. The summed E-state index contributed by atoms with van der Waals surface area (Å²) < 4.78 is 5.77. The zero-order valence-electron chi connectivity index (χ0n) is 16.1. The van der Waals surface area contributed by atoms with Crippen molar-refractivity contribution >= 4 is 5.91 Å². The molecule has 3 aromatic rings. The second kappa shape index (κ2) is 8.30. The van der Waals surface area contributed by atoms with Gasteiger partial charge < -0.3 is 9.64 Å². The second-order valence-corrected chi connectivity index (χ2v) is 7.27. The van der Waals surface area contributed by atoms with Crippen molar-refractivity contribution in [2.24, 2.45) is 0 Å². The smallest absolute Gasteiger partial charge is 0.223 e. The number of carbonyl (C=O) groups excluding carboxylic acids is 1. The molecule has 0 bridgehead atoms. The van der Waals surface area contributed by atoms with Crippen molar-refractivity contribution in [3.63, 3.8) is 0 Å². The van der Waals surface area contributed by atoms with Crippen LogP contribution < -0.4 is 4.74 Å². The van der Waals surface area contributed by atoms with Gasteiger partial charge in [-0.3, -0.25) is 4.79 Å². The van der Waals surface area contributed by atoms with E-state index in [2.05, 4.69) is 30.3 Å². The standard InChI is InChI=1S/C25H25NO2/c1-26(23-16-17-28-24-15-9-8-14-21(23)24)25(27)18-22(19-10-4-2-5-11-19)20-12-6-3-7-13-20/h2-15,22-23H,16-18H2,1H3. The van der Waals surface area contributed by atoms with Crippen LogP contribution in [0.2, 0.25) is 0 Å². The van der Waals surface area contributed by atoms with Gasteiger partial charge >= 0.3 is 0 Å². The third-order valence-corrected chi connectivity index (χ3v) is 5.57. The molecule has 1 aliphatic rings. The van der Waals surface area contributed by atoms with Gasteiger partial charge in [0.25, 0.3) is 0 Å². The molecule has 0 aliphatic carbocycles. The first-order valence-corrected chi connectivity index (χ1v) is 9.81. The summed E-state index contributed by atoms with van der Waals surface area (Å²) >= 11 is 0. The molecule has 0 saturated carbocycles. The number of hydrogen-bond donors (Lipinski definition) is 0. The van der Waals surface area contributed by atoms with Crippen molar-refractivity contribution < 1.29 is 9.53 Å². The van der Waals surface area contributed by atoms with Crippen molar-refractivity contribution in [1.82, 2.24) is 4.90 Å². The van der Waals surface area contributed by atoms with E-state index in [1.54, 1.807) is 0 Å². The zero-order chi connectivity index (χ0) is 19.3. The Labute approximate surface area is 166 Å². The van der Waals surface area contributed by atoms with Crippen LogP contribution in [0.4, 0.5) is 0 Å². The molecule has 1 heterocycles. The summed E-state index contributed by atoms with van der Waals surface area (Å²) in [5.41, 5.74) is 3.44. The number of fused-ring (bicyclic) bond motifs is 1. The Morgan fingerprint density at radius 1 is 0.929 bits per heavy atom. The molecule has 1 aliphatic heterocycles. The number of carbonyl (C=O) groups is 1. The fourth-order valence-electron chi connectivity index (χ4n) is 4.02. The highest BCUT2D eigenvalue weighted by atomic mass is 16.5. The Hall–Kier alpha value is -3.07. The van der Waals surface area contributed by atoms with Crippen LogP contribution in [0.25, 0.3) is 0 Å². The highest BCUT2D eigenvalue weighted by Crippen LogP contribution is 2.36. The molecule has 0 N–H and O–H groups in total. The molecule has 4 rings (SSSR count). The van der Waals surface area contributed by atoms with Gasteiger partial charge in [-0.2, -0.15) is 0 Å². The van der Waals surface area contributed by atoms with Crippen molar-refractivity contribution in [1.29, 1.82) is 0 Å². The highest BCUT2D eigenvalue weighted by molar-refractivity contribution is 5.78. The molecule has 1 atom stereocenters. The average molecular weight is 371 g/mol. The molecular weight excluding hydrogens is 346 g/mol. The maximum Gasteiger partial charge on any atom is 0.223 e. The van der Waals surface area contributed by atoms with Gasteiger partial charge in [0.1, 0.15) is 5.75 Å². The SMILES string of the molecule is CN(C(=O)CC(c1ccccc1)c1ccccc1)C1CCOc2ccccc21. The summed E-state index contributed by atoms with van der Waals surface area (Å²) in [6, 6.07) is 28.7. The highest BCUT2D eigenvalue weighted by Gasteiger charge is 2.29. The topological polar surface area (TPSA) is 29.5 Å². The third-order valence-electron chi connectivity index (χ3n) is 5.57. The lowest BCUT2D eigenvalue weighted by atomic mass is 9.87. The van der Waals surface area contributed by atoms with Gasteiger partial charge in [0.05, 0.1) is 12.6 Å². The molecule has 0 spiro atoms. The number of amides is 1. The molecule has 3 heteroatoms. The zero-order valence-corrected chi connectivity index (χ0v) is 16.1. The van der Waals surface area contributed by atoms with Gasteiger partial charge in [0, 0.05) is 31.4 Å². The van der Waals surface area contributed by atoms with Crippen LogP contribution in [0.5, 0.6) is 5.75 Å². The molecule has 142 valence electrons. The van der Waals surface area contributed by atoms with E-state index >= 15 is 0 Å². The van der Waals surface area contributed by atoms with Gasteiger partial charge in [-0.05, 0) is 17.2 Å². The number of rotatable bonds is 5. The molecule has 0 fully saturated rings. The Morgan fingerprint density at radius 2 is 1.50 bits per heavy atom. The lowest BCUT2D eigenvalue weighted by molar-refractivity contribution is -0.132. The van der Waals surface area contributed by atoms with Crippen LogP contribution in [0.1, 0.15) is 41.5 Å². The first-order chi connectivity index (χ1) is 13.7. The van der Waals surface area contributed by atoms with Gasteiger partial charge in [0.2, 0.25) is 5.91 Å². The maximum atomic E-state index is 13.3. The van der Waals surface area contributed by atoms with Crippen molar-refractivity contribution in [3.05, 3.63) is 102 Å². The van der Waals surface area contributed by atoms with E-state index in [0.717, 1.165) is 17.7 Å². The van der Waals surface area contributed by atoms with Crippen LogP contribution in [-0.2, 0) is 4.79 Å². The molecule has 1 unspecified atom stereocenters. The number of ether oxygens (including phenoxy) is 1. The van der Waals surface area contributed by atoms with E-state index in [-0.39, 0.29) is 17.9 Å². The average Bonchev–Trinajstić information content (AvgIpc) is 2.77. The number of nitrogens with zero attached hydrogens (tertiary/aromatic N) is 1. The van der Waals surface area contributed by atoms with Crippen molar-refractivity contribution in [3.8, 4) is 5.75 Å². The fraction of sp³-hybridized carbons (Fsp3) is 0.240. The van der Waals surface area contributed by atoms with Crippen LogP contribution in [-0.4, -0.2) is 24.5 Å². The van der Waals surface area contributed by atoms with Crippen LogP contribution in [0.15, 0.2) is 84.9 Å². The first kappa shape index (κ1) is 18.3. The largest absolute Gasteiger partial charge is 0.493 e. The van der Waals surface area contributed by atoms with Gasteiger partial charge in [-0.25, -0.2) is 0 Å². The minimum absolute atomic E-state index is 0.0486. The molecule has 0 radical (unpaired) electrons. The molecule has 3 nitrogen and oxygen atoms in total. The molecule has 0 saturated heterocycles. The van der Waals surface area contributed by atoms with Crippen LogP contribution in [0, 0.1) is 0 Å². The normalized spacial score (nSPS) is 15.6. The molecule has 1 amide bonds. The van der Waals surface area contributed by atoms with E-state index in [0.29, 0.717) is 13.0 Å². The molecular formula is C25H25NO2. The maximum absolute atomic E-state index is 13.3. The van der Waals surface area contributed by atoms with Gasteiger partial charge in [-0.15, -0.1) is 0 Å². The Bertz CT molecular complexity index is 884. The molecule has 0 aromatic heterocycles. The van der Waals surface area contributed by atoms with Crippen molar-refractivity contribution in [2.75, 3.05) is 13.7 Å². The van der Waals surface area contributed by atoms with Gasteiger partial charge in [-0.1, -0.05) is 78.9 Å². The molecule has 3 aromatic carbocycles. The Kier molecular flexibility index (Phi) is 5.43. The number of hydrogen-bond acceptors (Lipinski definition) is 2. The van der Waals surface area contributed by atoms with E-state index in [4.69, 9.17) is 4.74 Å². The second-order valence-electron chi connectivity index (χ2n) is 7.27. The van der Waals surface area contributed by atoms with E-state index in [9.17, 15) is 4.79 Å². The van der Waals surface area contributed by atoms with E-state index in [1.807, 2.05) is 66.5 Å². The fourth-order valence-corrected chi connectivity index (χ4v) is 4.02. The number of benzene rings is 3. The Morgan fingerprint density at radius 3 is 2.14 bits per heavy atom. The summed E-state index contributed by atoms with van der Waals surface area (Å²) in [7, 11) is 1.92. The summed E-state index contributed by atoms with van der Waals surface area (Å²) in [6.07, 6.45) is 1.27. The lowest BCUT2D eigenvalue weighted by Gasteiger charge is -2.34. The Balaban J connectivity index is 1.58. The summed E-state index contributed by atoms with van der Waals surface area (Å²) in [5.74, 6) is 1.09. The van der Waals surface area contributed by atoms with Crippen LogP contribution >= 0.6 is 0 Å². The van der Waals surface area contributed by atoms with E-state index < -0.39 is 0 Å². The quantitative estimate of drug-likeness (QED) is 0.618. The van der Waals surface area contributed by atoms with Gasteiger partial charge in [0.15, 0.2) is 0 Å². The predicted molar refractivity (Wildman–Crippen MR) is 111 cm³/mol. The minimum atomic E-state index is 0.0486. The monoisotopic (exact) mass is 371 g/mol. The first-order valence-electron chi connectivity index (χ1n) is 9.81. The van der Waals surface area contributed by atoms with Crippen molar-refractivity contribution in [2.45, 2.75) is 24.8 Å². The minimum Gasteiger partial charge on any atom is -0.493 e. The summed E-state index contributed by atoms with van der Waals surface area (Å²) in [5, 5.41) is 0.